The van der Waals surface area contributed by atoms with Gasteiger partial charge < -0.3 is 10.8 Å². The number of aliphatic hydroxyl groups is 1. The first-order valence-electron chi connectivity index (χ1n) is 6.16. The van der Waals surface area contributed by atoms with Gasteiger partial charge in [-0.25, -0.2) is 4.39 Å². The van der Waals surface area contributed by atoms with Gasteiger partial charge >= 0.3 is 0 Å². The number of rotatable bonds is 5. The first-order valence-corrected chi connectivity index (χ1v) is 6.16. The van der Waals surface area contributed by atoms with Crippen LogP contribution < -0.4 is 5.73 Å². The van der Waals surface area contributed by atoms with E-state index in [9.17, 15) is 9.50 Å². The Balaban J connectivity index is 2.40. The molecule has 1 heterocycles. The molecule has 4 nitrogen and oxygen atoms in total. The molecule has 5 heteroatoms. The highest BCUT2D eigenvalue weighted by Gasteiger charge is 2.33. The molecule has 1 aromatic carbocycles. The molecule has 0 fully saturated rings. The molecule has 2 aromatic rings. The summed E-state index contributed by atoms with van der Waals surface area (Å²) in [6.07, 6.45) is 2.22. The van der Waals surface area contributed by atoms with Gasteiger partial charge in [-0.15, -0.1) is 0 Å². The molecular formula is C14H18FN3O. The van der Waals surface area contributed by atoms with E-state index in [2.05, 4.69) is 5.10 Å². The van der Waals surface area contributed by atoms with Gasteiger partial charge in [-0.3, -0.25) is 4.68 Å². The second-order valence-electron chi connectivity index (χ2n) is 4.78. The van der Waals surface area contributed by atoms with Gasteiger partial charge in [-0.2, -0.15) is 5.10 Å². The van der Waals surface area contributed by atoms with Gasteiger partial charge in [0.05, 0.1) is 12.3 Å². The van der Waals surface area contributed by atoms with E-state index in [4.69, 9.17) is 5.73 Å². The number of aromatic nitrogens is 2. The lowest BCUT2D eigenvalue weighted by Crippen LogP contribution is -2.42. The van der Waals surface area contributed by atoms with Crippen LogP contribution in [0.3, 0.4) is 0 Å². The predicted molar refractivity (Wildman–Crippen MR) is 71.1 cm³/mol. The normalized spacial score (nSPS) is 14.3. The number of halogens is 1. The van der Waals surface area contributed by atoms with Crippen molar-refractivity contribution in [2.45, 2.75) is 11.8 Å². The van der Waals surface area contributed by atoms with Crippen molar-refractivity contribution in [1.82, 2.24) is 9.78 Å². The zero-order chi connectivity index (χ0) is 13.9. The van der Waals surface area contributed by atoms with Gasteiger partial charge in [-0.05, 0) is 17.7 Å². The zero-order valence-electron chi connectivity index (χ0n) is 10.9. The summed E-state index contributed by atoms with van der Waals surface area (Å²) >= 11 is 0. The maximum Gasteiger partial charge on any atom is 0.127 e. The van der Waals surface area contributed by atoms with Crippen molar-refractivity contribution in [3.8, 4) is 0 Å². The average molecular weight is 263 g/mol. The molecule has 1 atom stereocenters. The molecule has 0 saturated carbocycles. The lowest BCUT2D eigenvalue weighted by molar-refractivity contribution is 0.191. The smallest absolute Gasteiger partial charge is 0.127 e. The molecule has 0 spiro atoms. The molecule has 0 aliphatic heterocycles. The molecule has 0 amide bonds. The van der Waals surface area contributed by atoms with E-state index in [1.807, 2.05) is 19.3 Å². The van der Waals surface area contributed by atoms with Crippen molar-refractivity contribution >= 4 is 0 Å². The molecule has 2 rings (SSSR count). The number of hydrogen-bond acceptors (Lipinski definition) is 3. The fraction of sp³-hybridized carbons (Fsp3) is 0.357. The quantitative estimate of drug-likeness (QED) is 0.845. The van der Waals surface area contributed by atoms with E-state index in [1.165, 1.54) is 6.07 Å². The van der Waals surface area contributed by atoms with Crippen LogP contribution in [0.15, 0.2) is 36.5 Å². The summed E-state index contributed by atoms with van der Waals surface area (Å²) in [6, 6.07) is 8.27. The van der Waals surface area contributed by atoms with Crippen LogP contribution in [0, 0.1) is 5.82 Å². The summed E-state index contributed by atoms with van der Waals surface area (Å²) < 4.78 is 15.7. The van der Waals surface area contributed by atoms with E-state index in [1.54, 1.807) is 22.9 Å². The van der Waals surface area contributed by atoms with Crippen molar-refractivity contribution in [3.63, 3.8) is 0 Å². The van der Waals surface area contributed by atoms with Gasteiger partial charge in [-0.1, -0.05) is 18.2 Å². The fourth-order valence-corrected chi connectivity index (χ4v) is 2.28. The van der Waals surface area contributed by atoms with Crippen LogP contribution in [-0.4, -0.2) is 28.0 Å². The topological polar surface area (TPSA) is 64.1 Å². The Morgan fingerprint density at radius 3 is 2.63 bits per heavy atom. The molecule has 3 N–H and O–H groups in total. The first kappa shape index (κ1) is 13.7. The summed E-state index contributed by atoms with van der Waals surface area (Å²) in [6.45, 7) is -0.0674. The molecule has 102 valence electrons. The molecule has 0 bridgehead atoms. The Hall–Kier alpha value is -1.72. The van der Waals surface area contributed by atoms with Crippen LogP contribution in [-0.2, 0) is 18.9 Å². The summed E-state index contributed by atoms with van der Waals surface area (Å²) in [5, 5.41) is 14.0. The summed E-state index contributed by atoms with van der Waals surface area (Å²) in [4.78, 5) is 0. The number of aliphatic hydroxyl groups excluding tert-OH is 1. The number of aryl methyl sites for hydroxylation is 1. The Labute approximate surface area is 111 Å². The fourth-order valence-electron chi connectivity index (χ4n) is 2.28. The van der Waals surface area contributed by atoms with E-state index in [-0.39, 0.29) is 19.0 Å². The molecule has 0 radical (unpaired) electrons. The average Bonchev–Trinajstić information content (AvgIpc) is 2.82. The molecule has 0 aliphatic carbocycles. The highest BCUT2D eigenvalue weighted by atomic mass is 19.1. The SMILES string of the molecule is Cn1ccc(CC(CN)(CO)c2ccccc2F)n1. The van der Waals surface area contributed by atoms with E-state index < -0.39 is 5.41 Å². The Bertz CT molecular complexity index is 549. The highest BCUT2D eigenvalue weighted by molar-refractivity contribution is 5.30. The van der Waals surface area contributed by atoms with Gasteiger partial charge in [0.15, 0.2) is 0 Å². The van der Waals surface area contributed by atoms with Crippen molar-refractivity contribution in [3.05, 3.63) is 53.6 Å². The maximum absolute atomic E-state index is 14.0. The molecule has 19 heavy (non-hydrogen) atoms. The zero-order valence-corrected chi connectivity index (χ0v) is 10.9. The van der Waals surface area contributed by atoms with Crippen LogP contribution in [0.1, 0.15) is 11.3 Å². The van der Waals surface area contributed by atoms with Crippen LogP contribution in [0.4, 0.5) is 4.39 Å². The van der Waals surface area contributed by atoms with Crippen LogP contribution in [0.2, 0.25) is 0 Å². The van der Waals surface area contributed by atoms with Crippen molar-refractivity contribution < 1.29 is 9.50 Å². The number of nitrogens with zero attached hydrogens (tertiary/aromatic N) is 2. The lowest BCUT2D eigenvalue weighted by Gasteiger charge is -2.30. The van der Waals surface area contributed by atoms with Gasteiger partial charge in [0, 0.05) is 31.6 Å². The Morgan fingerprint density at radius 1 is 1.37 bits per heavy atom. The van der Waals surface area contributed by atoms with Gasteiger partial charge in [0.2, 0.25) is 0 Å². The molecule has 0 saturated heterocycles. The maximum atomic E-state index is 14.0. The van der Waals surface area contributed by atoms with Crippen LogP contribution in [0.25, 0.3) is 0 Å². The first-order chi connectivity index (χ1) is 9.11. The van der Waals surface area contributed by atoms with Crippen LogP contribution in [0.5, 0.6) is 0 Å². The standard InChI is InChI=1S/C14H18FN3O/c1-18-7-6-11(17-18)8-14(9-16,10-19)12-4-2-3-5-13(12)15/h2-7,19H,8-10,16H2,1H3. The number of nitrogens with two attached hydrogens (primary N) is 1. The summed E-state index contributed by atoms with van der Waals surface area (Å²) in [7, 11) is 1.82. The Morgan fingerprint density at radius 2 is 2.11 bits per heavy atom. The van der Waals surface area contributed by atoms with E-state index in [0.717, 1.165) is 5.69 Å². The van der Waals surface area contributed by atoms with E-state index >= 15 is 0 Å². The summed E-state index contributed by atoms with van der Waals surface area (Å²) in [5.41, 5.74) is 6.20. The Kier molecular flexibility index (Phi) is 3.97. The minimum atomic E-state index is -0.834. The van der Waals surface area contributed by atoms with Crippen molar-refractivity contribution in [1.29, 1.82) is 0 Å². The molecule has 1 unspecified atom stereocenters. The number of hydrogen-bond donors (Lipinski definition) is 2. The minimum absolute atomic E-state index is 0.154. The van der Waals surface area contributed by atoms with Crippen molar-refractivity contribution in [2.75, 3.05) is 13.2 Å². The van der Waals surface area contributed by atoms with Gasteiger partial charge in [0.25, 0.3) is 0 Å². The van der Waals surface area contributed by atoms with Crippen molar-refractivity contribution in [2.24, 2.45) is 12.8 Å². The lowest BCUT2D eigenvalue weighted by atomic mass is 9.77. The number of benzene rings is 1. The van der Waals surface area contributed by atoms with Gasteiger partial charge in [0.1, 0.15) is 5.82 Å². The largest absolute Gasteiger partial charge is 0.395 e. The van der Waals surface area contributed by atoms with E-state index in [0.29, 0.717) is 12.0 Å². The molecule has 0 aliphatic rings. The minimum Gasteiger partial charge on any atom is -0.395 e. The monoisotopic (exact) mass is 263 g/mol. The third kappa shape index (κ3) is 2.67. The third-order valence-corrected chi connectivity index (χ3v) is 3.43. The predicted octanol–water partition coefficient (Wildman–Crippen LogP) is 0.991. The molecular weight excluding hydrogens is 245 g/mol. The highest BCUT2D eigenvalue weighted by Crippen LogP contribution is 2.29. The van der Waals surface area contributed by atoms with Crippen LogP contribution >= 0.6 is 0 Å². The second kappa shape index (κ2) is 5.50. The summed E-state index contributed by atoms with van der Waals surface area (Å²) in [5.74, 6) is -0.349. The molecule has 1 aromatic heterocycles. The second-order valence-corrected chi connectivity index (χ2v) is 4.78. The third-order valence-electron chi connectivity index (χ3n) is 3.43.